The van der Waals surface area contributed by atoms with Crippen molar-refractivity contribution in [2.45, 2.75) is 0 Å². The van der Waals surface area contributed by atoms with E-state index in [0.717, 1.165) is 14.6 Å². The standard InChI is InChI=1S/C9H5Br2NS/c10-6-4-7(11)9(12-5-6)8-2-1-3-13-8/h1-5H. The Balaban J connectivity index is 2.53. The molecule has 0 spiro atoms. The van der Waals surface area contributed by atoms with Gasteiger partial charge in [-0.2, -0.15) is 0 Å². The first kappa shape index (κ1) is 9.37. The molecule has 2 aromatic rings. The second kappa shape index (κ2) is 3.90. The third-order valence-electron chi connectivity index (χ3n) is 1.56. The van der Waals surface area contributed by atoms with Gasteiger partial charge >= 0.3 is 0 Å². The lowest BCUT2D eigenvalue weighted by atomic mass is 10.3. The van der Waals surface area contributed by atoms with Crippen LogP contribution in [0.1, 0.15) is 0 Å². The average Bonchev–Trinajstić information content (AvgIpc) is 2.56. The third kappa shape index (κ3) is 2.00. The fourth-order valence-corrected chi connectivity index (χ4v) is 3.08. The van der Waals surface area contributed by atoms with Gasteiger partial charge in [0.15, 0.2) is 0 Å². The molecular weight excluding hydrogens is 314 g/mol. The molecule has 1 nitrogen and oxygen atoms in total. The molecule has 2 rings (SSSR count). The Bertz CT molecular complexity index is 412. The Hall–Kier alpha value is -0.190. The van der Waals surface area contributed by atoms with Crippen molar-refractivity contribution in [2.24, 2.45) is 0 Å². The Morgan fingerprint density at radius 1 is 1.31 bits per heavy atom. The summed E-state index contributed by atoms with van der Waals surface area (Å²) in [7, 11) is 0. The zero-order chi connectivity index (χ0) is 9.26. The van der Waals surface area contributed by atoms with Crippen LogP contribution in [-0.2, 0) is 0 Å². The molecule has 4 heteroatoms. The first-order chi connectivity index (χ1) is 6.27. The summed E-state index contributed by atoms with van der Waals surface area (Å²) in [6.45, 7) is 0. The van der Waals surface area contributed by atoms with E-state index >= 15 is 0 Å². The minimum Gasteiger partial charge on any atom is -0.253 e. The van der Waals surface area contributed by atoms with Gasteiger partial charge in [-0.3, -0.25) is 4.98 Å². The molecule has 0 saturated heterocycles. The van der Waals surface area contributed by atoms with E-state index in [1.807, 2.05) is 17.5 Å². The number of pyridine rings is 1. The number of thiophene rings is 1. The molecule has 66 valence electrons. The molecule has 13 heavy (non-hydrogen) atoms. The van der Waals surface area contributed by atoms with Gasteiger partial charge in [0, 0.05) is 15.1 Å². The van der Waals surface area contributed by atoms with Gasteiger partial charge < -0.3 is 0 Å². The molecule has 0 N–H and O–H groups in total. The fourth-order valence-electron chi connectivity index (χ4n) is 1.01. The largest absolute Gasteiger partial charge is 0.253 e. The van der Waals surface area contributed by atoms with Crippen LogP contribution in [0.5, 0.6) is 0 Å². The van der Waals surface area contributed by atoms with E-state index in [1.54, 1.807) is 17.5 Å². The molecule has 0 amide bonds. The van der Waals surface area contributed by atoms with Crippen LogP contribution in [0, 0.1) is 0 Å². The van der Waals surface area contributed by atoms with Crippen molar-refractivity contribution in [3.63, 3.8) is 0 Å². The summed E-state index contributed by atoms with van der Waals surface area (Å²) in [5.41, 5.74) is 0.998. The van der Waals surface area contributed by atoms with E-state index < -0.39 is 0 Å². The number of hydrogen-bond donors (Lipinski definition) is 0. The maximum atomic E-state index is 4.34. The summed E-state index contributed by atoms with van der Waals surface area (Å²) >= 11 is 8.54. The van der Waals surface area contributed by atoms with Crippen LogP contribution in [0.4, 0.5) is 0 Å². The van der Waals surface area contributed by atoms with Crippen LogP contribution in [0.3, 0.4) is 0 Å². The Kier molecular flexibility index (Phi) is 2.81. The van der Waals surface area contributed by atoms with Gasteiger partial charge in [-0.25, -0.2) is 0 Å². The topological polar surface area (TPSA) is 12.9 Å². The van der Waals surface area contributed by atoms with Crippen LogP contribution in [0.15, 0.2) is 38.7 Å². The molecule has 2 heterocycles. The zero-order valence-corrected chi connectivity index (χ0v) is 10.5. The van der Waals surface area contributed by atoms with Gasteiger partial charge in [-0.05, 0) is 49.4 Å². The van der Waals surface area contributed by atoms with Crippen LogP contribution in [-0.4, -0.2) is 4.98 Å². The van der Waals surface area contributed by atoms with Crippen molar-refractivity contribution in [2.75, 3.05) is 0 Å². The molecule has 0 aliphatic heterocycles. The second-order valence-corrected chi connectivity index (χ2v) is 5.18. The second-order valence-electron chi connectivity index (χ2n) is 2.46. The zero-order valence-electron chi connectivity index (χ0n) is 6.50. The van der Waals surface area contributed by atoms with Crippen molar-refractivity contribution in [1.82, 2.24) is 4.98 Å². The first-order valence-corrected chi connectivity index (χ1v) is 6.09. The number of halogens is 2. The summed E-state index contributed by atoms with van der Waals surface area (Å²) < 4.78 is 2.00. The molecule has 0 saturated carbocycles. The highest BCUT2D eigenvalue weighted by Crippen LogP contribution is 2.30. The van der Waals surface area contributed by atoms with E-state index in [1.165, 1.54) is 4.88 Å². The summed E-state index contributed by atoms with van der Waals surface area (Å²) in [4.78, 5) is 5.52. The maximum absolute atomic E-state index is 4.34. The first-order valence-electron chi connectivity index (χ1n) is 3.62. The molecule has 0 aliphatic carbocycles. The van der Waals surface area contributed by atoms with Crippen molar-refractivity contribution in [3.05, 3.63) is 38.7 Å². The Morgan fingerprint density at radius 3 is 2.77 bits per heavy atom. The van der Waals surface area contributed by atoms with Gasteiger partial charge in [0.05, 0.1) is 10.6 Å². The number of rotatable bonds is 1. The number of aromatic nitrogens is 1. The Morgan fingerprint density at radius 2 is 2.15 bits per heavy atom. The van der Waals surface area contributed by atoms with E-state index in [9.17, 15) is 0 Å². The molecule has 0 unspecified atom stereocenters. The van der Waals surface area contributed by atoms with Crippen molar-refractivity contribution < 1.29 is 0 Å². The molecule has 2 aromatic heterocycles. The summed E-state index contributed by atoms with van der Waals surface area (Å²) in [5.74, 6) is 0. The summed E-state index contributed by atoms with van der Waals surface area (Å²) in [6.07, 6.45) is 1.81. The smallest absolute Gasteiger partial charge is 0.0944 e. The third-order valence-corrected chi connectivity index (χ3v) is 3.48. The van der Waals surface area contributed by atoms with Gasteiger partial charge in [-0.15, -0.1) is 11.3 Å². The number of nitrogens with zero attached hydrogens (tertiary/aromatic N) is 1. The van der Waals surface area contributed by atoms with Gasteiger partial charge in [0.1, 0.15) is 0 Å². The van der Waals surface area contributed by atoms with Crippen LogP contribution < -0.4 is 0 Å². The Labute approximate surface area is 97.1 Å². The minimum atomic E-state index is 0.986. The minimum absolute atomic E-state index is 0.986. The SMILES string of the molecule is Brc1cnc(-c2cccs2)c(Br)c1. The average molecular weight is 319 g/mol. The molecule has 0 radical (unpaired) electrons. The predicted octanol–water partition coefficient (Wildman–Crippen LogP) is 4.34. The lowest BCUT2D eigenvalue weighted by Gasteiger charge is -2.00. The monoisotopic (exact) mass is 317 g/mol. The van der Waals surface area contributed by atoms with Gasteiger partial charge in [0.25, 0.3) is 0 Å². The molecular formula is C9H5Br2NS. The lowest BCUT2D eigenvalue weighted by molar-refractivity contribution is 1.30. The van der Waals surface area contributed by atoms with Crippen molar-refractivity contribution in [1.29, 1.82) is 0 Å². The van der Waals surface area contributed by atoms with Crippen LogP contribution in [0.25, 0.3) is 10.6 Å². The van der Waals surface area contributed by atoms with Crippen LogP contribution in [0.2, 0.25) is 0 Å². The van der Waals surface area contributed by atoms with E-state index in [0.29, 0.717) is 0 Å². The quantitative estimate of drug-likeness (QED) is 0.762. The van der Waals surface area contributed by atoms with E-state index in [4.69, 9.17) is 0 Å². The number of hydrogen-bond acceptors (Lipinski definition) is 2. The summed E-state index contributed by atoms with van der Waals surface area (Å²) in [5, 5.41) is 2.05. The highest BCUT2D eigenvalue weighted by atomic mass is 79.9. The molecule has 0 aliphatic rings. The van der Waals surface area contributed by atoms with Crippen molar-refractivity contribution >= 4 is 43.2 Å². The molecule has 0 atom stereocenters. The highest BCUT2D eigenvalue weighted by Gasteiger charge is 2.05. The van der Waals surface area contributed by atoms with Crippen LogP contribution >= 0.6 is 43.2 Å². The highest BCUT2D eigenvalue weighted by molar-refractivity contribution is 9.11. The maximum Gasteiger partial charge on any atom is 0.0944 e. The molecule has 0 fully saturated rings. The lowest BCUT2D eigenvalue weighted by Crippen LogP contribution is -1.81. The summed E-state index contributed by atoms with van der Waals surface area (Å²) in [6, 6.07) is 6.09. The van der Waals surface area contributed by atoms with Gasteiger partial charge in [0.2, 0.25) is 0 Å². The normalized spacial score (nSPS) is 10.3. The van der Waals surface area contributed by atoms with Crippen molar-refractivity contribution in [3.8, 4) is 10.6 Å². The van der Waals surface area contributed by atoms with E-state index in [2.05, 4.69) is 42.9 Å². The van der Waals surface area contributed by atoms with E-state index in [-0.39, 0.29) is 0 Å². The van der Waals surface area contributed by atoms with Gasteiger partial charge in [-0.1, -0.05) is 6.07 Å². The molecule has 0 aromatic carbocycles. The fraction of sp³-hybridized carbons (Fsp3) is 0. The molecule has 0 bridgehead atoms. The predicted molar refractivity (Wildman–Crippen MR) is 63.0 cm³/mol.